The van der Waals surface area contributed by atoms with Crippen LogP contribution in [0.25, 0.3) is 0 Å². The first-order valence-corrected chi connectivity index (χ1v) is 15.2. The summed E-state index contributed by atoms with van der Waals surface area (Å²) in [7, 11) is 1.63. The molecule has 9 heteroatoms. The number of carbonyl (C=O) groups excluding carboxylic acids is 1. The fourth-order valence-corrected chi connectivity index (χ4v) is 5.71. The second-order valence-corrected chi connectivity index (χ2v) is 11.4. The molecule has 1 aliphatic rings. The molecule has 0 radical (unpaired) electrons. The maximum Gasteiger partial charge on any atom is 0.255 e. The Hall–Kier alpha value is -4.24. The van der Waals surface area contributed by atoms with E-state index in [-0.39, 0.29) is 5.91 Å². The van der Waals surface area contributed by atoms with E-state index in [1.807, 2.05) is 69.3 Å². The molecule has 218 valence electrons. The molecule has 0 fully saturated rings. The minimum absolute atomic E-state index is 0.206. The monoisotopic (exact) mass is 583 g/mol. The Morgan fingerprint density at radius 2 is 1.86 bits per heavy atom. The Kier molecular flexibility index (Phi) is 9.17. The minimum atomic E-state index is -0.525. The fraction of sp³-hybridized carbons (Fsp3) is 0.303. The van der Waals surface area contributed by atoms with Crippen molar-refractivity contribution in [3.05, 3.63) is 100 Å². The number of aromatic nitrogens is 3. The van der Waals surface area contributed by atoms with Crippen LogP contribution in [0.4, 0.5) is 11.6 Å². The van der Waals surface area contributed by atoms with E-state index in [9.17, 15) is 4.79 Å². The predicted octanol–water partition coefficient (Wildman–Crippen LogP) is 6.95. The van der Waals surface area contributed by atoms with Gasteiger partial charge in [0.05, 0.1) is 19.3 Å². The summed E-state index contributed by atoms with van der Waals surface area (Å²) < 4.78 is 13.7. The van der Waals surface area contributed by atoms with Gasteiger partial charge in [-0.05, 0) is 62.1 Å². The van der Waals surface area contributed by atoms with E-state index >= 15 is 0 Å². The number of benzene rings is 3. The number of aryl methyl sites for hydroxylation is 2. The van der Waals surface area contributed by atoms with Gasteiger partial charge in [-0.1, -0.05) is 72.8 Å². The molecular weight excluding hydrogens is 546 g/mol. The highest BCUT2D eigenvalue weighted by Crippen LogP contribution is 2.40. The van der Waals surface area contributed by atoms with Crippen LogP contribution < -0.4 is 20.1 Å². The van der Waals surface area contributed by atoms with Crippen molar-refractivity contribution in [1.82, 2.24) is 14.8 Å². The largest absolute Gasteiger partial charge is 0.493 e. The molecule has 2 heterocycles. The molecule has 1 aliphatic heterocycles. The number of rotatable bonds is 11. The lowest BCUT2D eigenvalue weighted by molar-refractivity contribution is -0.113. The highest BCUT2D eigenvalue weighted by molar-refractivity contribution is 7.99. The Morgan fingerprint density at radius 3 is 2.60 bits per heavy atom. The van der Waals surface area contributed by atoms with Gasteiger partial charge in [0.15, 0.2) is 11.5 Å². The quantitative estimate of drug-likeness (QED) is 0.185. The lowest BCUT2D eigenvalue weighted by Gasteiger charge is -2.29. The molecule has 4 aromatic rings. The van der Waals surface area contributed by atoms with Crippen molar-refractivity contribution < 1.29 is 14.3 Å². The first-order chi connectivity index (χ1) is 20.4. The second-order valence-electron chi connectivity index (χ2n) is 10.3. The van der Waals surface area contributed by atoms with Crippen LogP contribution in [0.5, 0.6) is 11.5 Å². The van der Waals surface area contributed by atoms with E-state index in [0.29, 0.717) is 34.8 Å². The van der Waals surface area contributed by atoms with Crippen molar-refractivity contribution in [3.8, 4) is 11.5 Å². The van der Waals surface area contributed by atoms with Crippen molar-refractivity contribution in [3.63, 3.8) is 0 Å². The average molecular weight is 584 g/mol. The van der Waals surface area contributed by atoms with Crippen LogP contribution in [0, 0.1) is 13.8 Å². The van der Waals surface area contributed by atoms with Crippen molar-refractivity contribution >= 4 is 29.3 Å². The molecule has 42 heavy (non-hydrogen) atoms. The fourth-order valence-electron chi connectivity index (χ4n) is 5.03. The molecule has 2 N–H and O–H groups in total. The average Bonchev–Trinajstić information content (AvgIpc) is 3.39. The Morgan fingerprint density at radius 1 is 1.05 bits per heavy atom. The number of thioether (sulfide) groups is 1. The third-order valence-electron chi connectivity index (χ3n) is 7.14. The number of hydrogen-bond donors (Lipinski definition) is 2. The van der Waals surface area contributed by atoms with Gasteiger partial charge in [-0.2, -0.15) is 4.98 Å². The van der Waals surface area contributed by atoms with Gasteiger partial charge in [0.25, 0.3) is 5.91 Å². The van der Waals surface area contributed by atoms with Crippen LogP contribution in [0.1, 0.15) is 48.6 Å². The lowest BCUT2D eigenvalue weighted by atomic mass is 9.94. The third-order valence-corrected chi connectivity index (χ3v) is 8.18. The zero-order chi connectivity index (χ0) is 29.6. The van der Waals surface area contributed by atoms with Gasteiger partial charge in [-0.25, -0.2) is 4.68 Å². The first kappa shape index (κ1) is 29.3. The maximum atomic E-state index is 14.0. The van der Waals surface area contributed by atoms with Gasteiger partial charge in [-0.15, -0.1) is 5.10 Å². The molecule has 1 atom stereocenters. The minimum Gasteiger partial charge on any atom is -0.493 e. The third kappa shape index (κ3) is 6.46. The highest BCUT2D eigenvalue weighted by Gasteiger charge is 2.35. The van der Waals surface area contributed by atoms with Crippen molar-refractivity contribution in [2.75, 3.05) is 30.1 Å². The van der Waals surface area contributed by atoms with E-state index in [1.165, 1.54) is 5.56 Å². The van der Waals surface area contributed by atoms with Crippen molar-refractivity contribution in [2.24, 2.45) is 0 Å². The standard InChI is InChI=1S/C33H37N5O3S/c1-6-18-42-33-36-32-34-23(4)29(31(39)35-26-14-12-21(2)19-22(26)3)30(38(32)37-33)25-13-15-27(28(20-25)40-5)41-17-16-24-10-8-7-9-11-24/h7-15,19-20,30H,6,16-18H2,1-5H3,(H,35,39)(H,34,36,37). The number of amides is 1. The molecule has 1 aromatic heterocycles. The molecule has 0 saturated carbocycles. The molecule has 0 saturated heterocycles. The Labute approximate surface area is 251 Å². The number of anilines is 2. The predicted molar refractivity (Wildman–Crippen MR) is 169 cm³/mol. The van der Waals surface area contributed by atoms with E-state index in [0.717, 1.165) is 46.7 Å². The summed E-state index contributed by atoms with van der Waals surface area (Å²) in [6.45, 7) is 8.57. The summed E-state index contributed by atoms with van der Waals surface area (Å²) in [4.78, 5) is 18.7. The van der Waals surface area contributed by atoms with Crippen LogP contribution in [-0.4, -0.2) is 40.1 Å². The number of ether oxygens (including phenoxy) is 2. The van der Waals surface area contributed by atoms with Crippen LogP contribution in [0.15, 0.2) is 83.2 Å². The molecular formula is C33H37N5O3S. The summed E-state index contributed by atoms with van der Waals surface area (Å²) in [5.74, 6) is 2.53. The smallest absolute Gasteiger partial charge is 0.255 e. The Balaban J connectivity index is 1.48. The van der Waals surface area contributed by atoms with Gasteiger partial charge in [0, 0.05) is 23.6 Å². The summed E-state index contributed by atoms with van der Waals surface area (Å²) >= 11 is 1.60. The molecule has 0 bridgehead atoms. The number of methoxy groups -OCH3 is 1. The summed E-state index contributed by atoms with van der Waals surface area (Å²) in [5, 5.41) is 12.0. The van der Waals surface area contributed by atoms with Gasteiger partial charge >= 0.3 is 0 Å². The molecule has 0 aliphatic carbocycles. The number of nitrogens with one attached hydrogen (secondary N) is 2. The number of carbonyl (C=O) groups is 1. The zero-order valence-electron chi connectivity index (χ0n) is 24.7. The van der Waals surface area contributed by atoms with Crippen molar-refractivity contribution in [1.29, 1.82) is 0 Å². The van der Waals surface area contributed by atoms with E-state index < -0.39 is 6.04 Å². The van der Waals surface area contributed by atoms with Gasteiger partial charge < -0.3 is 20.1 Å². The SMILES string of the molecule is CCCSc1nc2n(n1)C(c1ccc(OCCc3ccccc3)c(OC)c1)C(C(=O)Nc1ccc(C)cc1C)=C(C)N2. The van der Waals surface area contributed by atoms with Gasteiger partial charge in [0.2, 0.25) is 11.1 Å². The van der Waals surface area contributed by atoms with E-state index in [2.05, 4.69) is 35.8 Å². The number of allylic oxidation sites excluding steroid dienone is 1. The van der Waals surface area contributed by atoms with Crippen molar-refractivity contribution in [2.45, 2.75) is 51.7 Å². The first-order valence-electron chi connectivity index (χ1n) is 14.2. The topological polar surface area (TPSA) is 90.3 Å². The van der Waals surface area contributed by atoms with Gasteiger partial charge in [0.1, 0.15) is 6.04 Å². The van der Waals surface area contributed by atoms with Gasteiger partial charge in [-0.3, -0.25) is 4.79 Å². The highest BCUT2D eigenvalue weighted by atomic mass is 32.2. The molecule has 0 spiro atoms. The number of fused-ring (bicyclic) bond motifs is 1. The van der Waals surface area contributed by atoms with Crippen LogP contribution in [0.2, 0.25) is 0 Å². The molecule has 3 aromatic carbocycles. The molecule has 5 rings (SSSR count). The van der Waals surface area contributed by atoms with Crippen LogP contribution >= 0.6 is 11.8 Å². The molecule has 1 unspecified atom stereocenters. The summed E-state index contributed by atoms with van der Waals surface area (Å²) in [5.41, 5.74) is 6.23. The lowest BCUT2D eigenvalue weighted by Crippen LogP contribution is -2.31. The number of hydrogen-bond acceptors (Lipinski definition) is 7. The number of nitrogens with zero attached hydrogens (tertiary/aromatic N) is 3. The summed E-state index contributed by atoms with van der Waals surface area (Å²) in [6, 6.07) is 21.5. The zero-order valence-corrected chi connectivity index (χ0v) is 25.5. The van der Waals surface area contributed by atoms with E-state index in [1.54, 1.807) is 23.6 Å². The summed E-state index contributed by atoms with van der Waals surface area (Å²) in [6.07, 6.45) is 1.79. The Bertz CT molecular complexity index is 1600. The van der Waals surface area contributed by atoms with E-state index in [4.69, 9.17) is 19.6 Å². The van der Waals surface area contributed by atoms with Crippen LogP contribution in [0.3, 0.4) is 0 Å². The van der Waals surface area contributed by atoms with Crippen LogP contribution in [-0.2, 0) is 11.2 Å². The second kappa shape index (κ2) is 13.2. The normalized spacial score (nSPS) is 14.3. The molecule has 1 amide bonds. The molecule has 8 nitrogen and oxygen atoms in total. The maximum absolute atomic E-state index is 14.0.